The topological polar surface area (TPSA) is 95.9 Å². The fraction of sp³-hybridized carbons (Fsp3) is 0.318. The number of carboxylic acids is 1. The summed E-state index contributed by atoms with van der Waals surface area (Å²) < 4.78 is 5.21. The average molecular weight is 394 g/mol. The van der Waals surface area contributed by atoms with Gasteiger partial charge in [0.25, 0.3) is 0 Å². The SMILES string of the molecule is COc1ccc(-c2ccc3c(c2)[C@H]2CCC(=O)N2[C@H](C(=O)NCC(=O)O)C3)cc1. The molecule has 150 valence electrons. The van der Waals surface area contributed by atoms with Gasteiger partial charge < -0.3 is 20.1 Å². The van der Waals surface area contributed by atoms with Crippen LogP contribution in [0.15, 0.2) is 42.5 Å². The second-order valence-corrected chi connectivity index (χ2v) is 7.33. The molecule has 0 aromatic heterocycles. The van der Waals surface area contributed by atoms with Gasteiger partial charge in [0.15, 0.2) is 0 Å². The lowest BCUT2D eigenvalue weighted by Gasteiger charge is -2.38. The first-order valence-corrected chi connectivity index (χ1v) is 9.56. The number of methoxy groups -OCH3 is 1. The lowest BCUT2D eigenvalue weighted by atomic mass is 9.86. The number of benzene rings is 2. The summed E-state index contributed by atoms with van der Waals surface area (Å²) in [5.74, 6) is -0.805. The molecule has 0 bridgehead atoms. The van der Waals surface area contributed by atoms with Gasteiger partial charge in [0, 0.05) is 12.8 Å². The van der Waals surface area contributed by atoms with Crippen LogP contribution in [0.2, 0.25) is 0 Å². The third kappa shape index (κ3) is 3.55. The fourth-order valence-corrected chi connectivity index (χ4v) is 4.26. The number of amides is 2. The largest absolute Gasteiger partial charge is 0.497 e. The van der Waals surface area contributed by atoms with Gasteiger partial charge in [0.05, 0.1) is 13.2 Å². The molecule has 2 heterocycles. The summed E-state index contributed by atoms with van der Waals surface area (Å²) >= 11 is 0. The molecule has 2 aromatic carbocycles. The molecule has 7 nitrogen and oxygen atoms in total. The molecule has 2 amide bonds. The first-order chi connectivity index (χ1) is 14.0. The number of aliphatic carboxylic acids is 1. The quantitative estimate of drug-likeness (QED) is 0.810. The Morgan fingerprint density at radius 1 is 1.17 bits per heavy atom. The van der Waals surface area contributed by atoms with E-state index in [1.807, 2.05) is 36.4 Å². The van der Waals surface area contributed by atoms with Crippen LogP contribution >= 0.6 is 0 Å². The molecular formula is C22H22N2O5. The highest BCUT2D eigenvalue weighted by atomic mass is 16.5. The Morgan fingerprint density at radius 2 is 1.90 bits per heavy atom. The molecule has 29 heavy (non-hydrogen) atoms. The number of hydrogen-bond acceptors (Lipinski definition) is 4. The molecule has 0 unspecified atom stereocenters. The van der Waals surface area contributed by atoms with Crippen molar-refractivity contribution in [3.63, 3.8) is 0 Å². The van der Waals surface area contributed by atoms with Crippen LogP contribution in [-0.4, -0.2) is 47.5 Å². The maximum Gasteiger partial charge on any atom is 0.322 e. The molecule has 2 aromatic rings. The Kier molecular flexibility index (Phi) is 4.96. The minimum absolute atomic E-state index is 0.0639. The molecule has 1 fully saturated rings. The van der Waals surface area contributed by atoms with Crippen LogP contribution in [0, 0.1) is 0 Å². The highest BCUT2D eigenvalue weighted by Crippen LogP contribution is 2.42. The summed E-state index contributed by atoms with van der Waals surface area (Å²) in [4.78, 5) is 37.5. The minimum Gasteiger partial charge on any atom is -0.497 e. The van der Waals surface area contributed by atoms with Crippen molar-refractivity contribution in [3.8, 4) is 16.9 Å². The molecular weight excluding hydrogens is 372 g/mol. The van der Waals surface area contributed by atoms with Gasteiger partial charge >= 0.3 is 5.97 Å². The van der Waals surface area contributed by atoms with Crippen molar-refractivity contribution < 1.29 is 24.2 Å². The number of fused-ring (bicyclic) bond motifs is 3. The summed E-state index contributed by atoms with van der Waals surface area (Å²) in [6.45, 7) is -0.453. The van der Waals surface area contributed by atoms with Crippen molar-refractivity contribution in [2.24, 2.45) is 0 Å². The maximum absolute atomic E-state index is 12.6. The monoisotopic (exact) mass is 394 g/mol. The maximum atomic E-state index is 12.6. The van der Waals surface area contributed by atoms with Crippen LogP contribution in [0.4, 0.5) is 0 Å². The van der Waals surface area contributed by atoms with E-state index in [-0.39, 0.29) is 11.9 Å². The first-order valence-electron chi connectivity index (χ1n) is 9.56. The molecule has 0 spiro atoms. The van der Waals surface area contributed by atoms with Crippen molar-refractivity contribution in [1.29, 1.82) is 0 Å². The van der Waals surface area contributed by atoms with Crippen molar-refractivity contribution in [2.45, 2.75) is 31.3 Å². The fourth-order valence-electron chi connectivity index (χ4n) is 4.26. The summed E-state index contributed by atoms with van der Waals surface area (Å²) in [5.41, 5.74) is 4.17. The highest BCUT2D eigenvalue weighted by molar-refractivity contribution is 5.91. The number of carboxylic acid groups (broad SMARTS) is 1. The Labute approximate surface area is 168 Å². The van der Waals surface area contributed by atoms with E-state index >= 15 is 0 Å². The lowest BCUT2D eigenvalue weighted by molar-refractivity contribution is -0.142. The molecule has 0 radical (unpaired) electrons. The van der Waals surface area contributed by atoms with Gasteiger partial charge in [-0.05, 0) is 46.9 Å². The molecule has 7 heteroatoms. The van der Waals surface area contributed by atoms with Crippen LogP contribution in [0.25, 0.3) is 11.1 Å². The number of nitrogens with zero attached hydrogens (tertiary/aromatic N) is 1. The van der Waals surface area contributed by atoms with Crippen LogP contribution < -0.4 is 10.1 Å². The molecule has 0 aliphatic carbocycles. The Bertz CT molecular complexity index is 970. The summed E-state index contributed by atoms with van der Waals surface area (Å²) in [6.07, 6.45) is 1.42. The standard InChI is InChI=1S/C22H22N2O5/c1-29-16-6-4-13(5-7-16)14-2-3-15-11-19(22(28)23-12-21(26)27)24-18(17(15)10-14)8-9-20(24)25/h2-7,10,18-19H,8-9,11-12H2,1H3,(H,23,28)(H,26,27)/t18-,19+/m1/s1. The molecule has 2 N–H and O–H groups in total. The van der Waals surface area contributed by atoms with Gasteiger partial charge in [0.1, 0.15) is 18.3 Å². The average Bonchev–Trinajstić information content (AvgIpc) is 3.13. The highest BCUT2D eigenvalue weighted by Gasteiger charge is 2.44. The Morgan fingerprint density at radius 3 is 2.59 bits per heavy atom. The van der Waals surface area contributed by atoms with Crippen molar-refractivity contribution in [3.05, 3.63) is 53.6 Å². The molecule has 2 aliphatic rings. The number of nitrogens with one attached hydrogen (secondary N) is 1. The van der Waals surface area contributed by atoms with Gasteiger partial charge in [-0.2, -0.15) is 0 Å². The van der Waals surface area contributed by atoms with E-state index in [0.717, 1.165) is 28.0 Å². The number of carbonyl (C=O) groups excluding carboxylic acids is 2. The van der Waals surface area contributed by atoms with Crippen molar-refractivity contribution in [2.75, 3.05) is 13.7 Å². The van der Waals surface area contributed by atoms with E-state index in [2.05, 4.69) is 11.4 Å². The third-order valence-electron chi connectivity index (χ3n) is 5.65. The predicted octanol–water partition coefficient (Wildman–Crippen LogP) is 2.15. The van der Waals surface area contributed by atoms with Crippen molar-refractivity contribution in [1.82, 2.24) is 10.2 Å². The lowest BCUT2D eigenvalue weighted by Crippen LogP contribution is -2.52. The first kappa shape index (κ1) is 19.0. The second kappa shape index (κ2) is 7.58. The van der Waals surface area contributed by atoms with Gasteiger partial charge in [-0.1, -0.05) is 24.3 Å². The van der Waals surface area contributed by atoms with E-state index in [4.69, 9.17) is 9.84 Å². The van der Waals surface area contributed by atoms with E-state index in [9.17, 15) is 14.4 Å². The molecule has 0 saturated carbocycles. The molecule has 2 atom stereocenters. The Hall–Kier alpha value is -3.35. The third-order valence-corrected chi connectivity index (χ3v) is 5.65. The molecule has 1 saturated heterocycles. The normalized spacial score (nSPS) is 20.0. The summed E-state index contributed by atoms with van der Waals surface area (Å²) in [5, 5.41) is 11.2. The van der Waals surface area contributed by atoms with E-state index in [1.165, 1.54) is 0 Å². The predicted molar refractivity (Wildman–Crippen MR) is 105 cm³/mol. The van der Waals surface area contributed by atoms with Crippen LogP contribution in [-0.2, 0) is 20.8 Å². The van der Waals surface area contributed by atoms with Gasteiger partial charge in [-0.3, -0.25) is 14.4 Å². The van der Waals surface area contributed by atoms with E-state index in [0.29, 0.717) is 19.3 Å². The number of ether oxygens (including phenoxy) is 1. The van der Waals surface area contributed by atoms with Crippen LogP contribution in [0.1, 0.15) is 30.0 Å². The summed E-state index contributed by atoms with van der Waals surface area (Å²) in [6, 6.07) is 13.1. The zero-order valence-electron chi connectivity index (χ0n) is 16.1. The molecule has 2 aliphatic heterocycles. The van der Waals surface area contributed by atoms with Crippen molar-refractivity contribution >= 4 is 17.8 Å². The van der Waals surface area contributed by atoms with Crippen LogP contribution in [0.3, 0.4) is 0 Å². The van der Waals surface area contributed by atoms with Crippen LogP contribution in [0.5, 0.6) is 5.75 Å². The van der Waals surface area contributed by atoms with E-state index in [1.54, 1.807) is 12.0 Å². The Balaban J connectivity index is 1.66. The zero-order valence-corrected chi connectivity index (χ0v) is 16.1. The minimum atomic E-state index is -1.11. The van der Waals surface area contributed by atoms with Gasteiger partial charge in [-0.15, -0.1) is 0 Å². The number of hydrogen-bond donors (Lipinski definition) is 2. The molecule has 4 rings (SSSR count). The number of rotatable bonds is 5. The van der Waals surface area contributed by atoms with Gasteiger partial charge in [0.2, 0.25) is 11.8 Å². The zero-order chi connectivity index (χ0) is 20.5. The summed E-state index contributed by atoms with van der Waals surface area (Å²) in [7, 11) is 1.63. The van der Waals surface area contributed by atoms with E-state index < -0.39 is 24.5 Å². The second-order valence-electron chi connectivity index (χ2n) is 7.33. The van der Waals surface area contributed by atoms with Gasteiger partial charge in [-0.25, -0.2) is 0 Å². The smallest absolute Gasteiger partial charge is 0.322 e. The number of carbonyl (C=O) groups is 3.